The lowest BCUT2D eigenvalue weighted by Crippen LogP contribution is -2.22. The van der Waals surface area contributed by atoms with Gasteiger partial charge in [-0.25, -0.2) is 0 Å². The van der Waals surface area contributed by atoms with Crippen LogP contribution in [0.3, 0.4) is 0 Å². The third-order valence-corrected chi connectivity index (χ3v) is 4.65. The Bertz CT molecular complexity index is 512. The lowest BCUT2D eigenvalue weighted by atomic mass is 10.1. The van der Waals surface area contributed by atoms with Crippen LogP contribution in [0, 0.1) is 0 Å². The van der Waals surface area contributed by atoms with Crippen molar-refractivity contribution in [3.8, 4) is 0 Å². The zero-order valence-electron chi connectivity index (χ0n) is 10.1. The first kappa shape index (κ1) is 14.1. The van der Waals surface area contributed by atoms with Gasteiger partial charge in [0.15, 0.2) is 0 Å². The molecule has 0 saturated carbocycles. The van der Waals surface area contributed by atoms with Crippen LogP contribution in [0.15, 0.2) is 40.2 Å². The zero-order valence-corrected chi connectivity index (χ0v) is 13.3. The van der Waals surface area contributed by atoms with E-state index in [1.165, 1.54) is 10.4 Å². The van der Waals surface area contributed by atoms with Crippen LogP contribution in [0.2, 0.25) is 5.02 Å². The highest BCUT2D eigenvalue weighted by Crippen LogP contribution is 2.31. The lowest BCUT2D eigenvalue weighted by molar-refractivity contribution is 0.606. The van der Waals surface area contributed by atoms with Gasteiger partial charge >= 0.3 is 0 Å². The zero-order chi connectivity index (χ0) is 13.0. The van der Waals surface area contributed by atoms with Crippen LogP contribution >= 0.6 is 38.9 Å². The van der Waals surface area contributed by atoms with Crippen LogP contribution in [0.4, 0.5) is 0 Å². The van der Waals surface area contributed by atoms with Gasteiger partial charge in [0.2, 0.25) is 0 Å². The third-order valence-electron chi connectivity index (χ3n) is 2.65. The van der Waals surface area contributed by atoms with Crippen LogP contribution in [0.25, 0.3) is 0 Å². The average molecular weight is 345 g/mol. The molecule has 2 rings (SSSR count). The minimum absolute atomic E-state index is 0.222. The molecule has 0 amide bonds. The SMILES string of the molecule is CCCNC(c1cccc(Cl)c1)c1cc(Br)cs1. The largest absolute Gasteiger partial charge is 0.306 e. The van der Waals surface area contributed by atoms with Crippen molar-refractivity contribution in [2.45, 2.75) is 19.4 Å². The topological polar surface area (TPSA) is 12.0 Å². The fourth-order valence-corrected chi connectivity index (χ4v) is 3.58. The summed E-state index contributed by atoms with van der Waals surface area (Å²) in [7, 11) is 0. The first-order chi connectivity index (χ1) is 8.70. The fraction of sp³-hybridized carbons (Fsp3) is 0.286. The molecule has 1 atom stereocenters. The molecule has 1 heterocycles. The fourth-order valence-electron chi connectivity index (χ4n) is 1.84. The van der Waals surface area contributed by atoms with Gasteiger partial charge in [-0.3, -0.25) is 0 Å². The summed E-state index contributed by atoms with van der Waals surface area (Å²) in [6.45, 7) is 3.17. The van der Waals surface area contributed by atoms with E-state index >= 15 is 0 Å². The minimum Gasteiger partial charge on any atom is -0.306 e. The molecule has 0 fully saturated rings. The Morgan fingerprint density at radius 1 is 1.39 bits per heavy atom. The Morgan fingerprint density at radius 2 is 2.22 bits per heavy atom. The number of hydrogen-bond donors (Lipinski definition) is 1. The Kier molecular flexibility index (Phi) is 5.25. The highest BCUT2D eigenvalue weighted by molar-refractivity contribution is 9.10. The van der Waals surface area contributed by atoms with Gasteiger partial charge < -0.3 is 5.32 Å². The molecule has 1 N–H and O–H groups in total. The Labute approximate surface area is 125 Å². The van der Waals surface area contributed by atoms with Crippen LogP contribution in [-0.4, -0.2) is 6.54 Å². The summed E-state index contributed by atoms with van der Waals surface area (Å²) in [6, 6.07) is 10.4. The number of halogens is 2. The molecule has 0 radical (unpaired) electrons. The normalized spacial score (nSPS) is 12.6. The number of rotatable bonds is 5. The monoisotopic (exact) mass is 343 g/mol. The van der Waals surface area contributed by atoms with E-state index in [1.807, 2.05) is 18.2 Å². The van der Waals surface area contributed by atoms with Gasteiger partial charge in [-0.2, -0.15) is 0 Å². The predicted octanol–water partition coefficient (Wildman–Crippen LogP) is 5.25. The molecule has 0 aliphatic heterocycles. The highest BCUT2D eigenvalue weighted by Gasteiger charge is 2.15. The molecular formula is C14H15BrClNS. The van der Waals surface area contributed by atoms with Crippen LogP contribution in [0.5, 0.6) is 0 Å². The first-order valence-corrected chi connectivity index (χ1v) is 7.98. The molecule has 0 aliphatic rings. The predicted molar refractivity (Wildman–Crippen MR) is 83.6 cm³/mol. The second-order valence-corrected chi connectivity index (χ2v) is 6.40. The maximum absolute atomic E-state index is 6.08. The number of nitrogens with one attached hydrogen (secondary N) is 1. The van der Waals surface area contributed by atoms with E-state index in [9.17, 15) is 0 Å². The summed E-state index contributed by atoms with van der Waals surface area (Å²) in [5.74, 6) is 0. The molecule has 1 aromatic heterocycles. The van der Waals surface area contributed by atoms with Crippen molar-refractivity contribution in [3.05, 3.63) is 55.6 Å². The second-order valence-electron chi connectivity index (χ2n) is 4.11. The Balaban J connectivity index is 2.30. The summed E-state index contributed by atoms with van der Waals surface area (Å²) in [6.07, 6.45) is 1.11. The van der Waals surface area contributed by atoms with Crippen LogP contribution in [-0.2, 0) is 0 Å². The first-order valence-electron chi connectivity index (χ1n) is 5.93. The van der Waals surface area contributed by atoms with Gasteiger partial charge in [0.05, 0.1) is 6.04 Å². The Hall–Kier alpha value is -0.350. The molecule has 4 heteroatoms. The van der Waals surface area contributed by atoms with E-state index in [-0.39, 0.29) is 6.04 Å². The van der Waals surface area contributed by atoms with E-state index in [4.69, 9.17) is 11.6 Å². The van der Waals surface area contributed by atoms with Crippen LogP contribution in [0.1, 0.15) is 29.8 Å². The summed E-state index contributed by atoms with van der Waals surface area (Å²) in [5, 5.41) is 6.47. The van der Waals surface area contributed by atoms with Crippen molar-refractivity contribution in [3.63, 3.8) is 0 Å². The van der Waals surface area contributed by atoms with Crippen molar-refractivity contribution >= 4 is 38.9 Å². The van der Waals surface area contributed by atoms with E-state index < -0.39 is 0 Å². The van der Waals surface area contributed by atoms with Crippen molar-refractivity contribution in [2.24, 2.45) is 0 Å². The van der Waals surface area contributed by atoms with Gasteiger partial charge in [0.1, 0.15) is 0 Å². The summed E-state index contributed by atoms with van der Waals surface area (Å²) in [5.41, 5.74) is 1.21. The maximum atomic E-state index is 6.08. The number of thiophene rings is 1. The van der Waals surface area contributed by atoms with Gasteiger partial charge in [-0.15, -0.1) is 11.3 Å². The van der Waals surface area contributed by atoms with Gasteiger partial charge in [-0.1, -0.05) is 30.7 Å². The average Bonchev–Trinajstić information content (AvgIpc) is 2.76. The molecule has 0 aliphatic carbocycles. The van der Waals surface area contributed by atoms with E-state index in [2.05, 4.69) is 45.7 Å². The molecule has 18 heavy (non-hydrogen) atoms. The third kappa shape index (κ3) is 3.58. The van der Waals surface area contributed by atoms with E-state index in [0.717, 1.165) is 22.5 Å². The Morgan fingerprint density at radius 3 is 2.83 bits per heavy atom. The molecule has 96 valence electrons. The quantitative estimate of drug-likeness (QED) is 0.781. The standard InChI is InChI=1S/C14H15BrClNS/c1-2-6-17-14(13-8-11(15)9-18-13)10-4-3-5-12(16)7-10/h3-5,7-9,14,17H,2,6H2,1H3. The molecule has 1 unspecified atom stereocenters. The molecule has 0 bridgehead atoms. The van der Waals surface area contributed by atoms with Crippen molar-refractivity contribution < 1.29 is 0 Å². The van der Waals surface area contributed by atoms with Crippen molar-refractivity contribution in [2.75, 3.05) is 6.54 Å². The van der Waals surface area contributed by atoms with Crippen molar-refractivity contribution in [1.29, 1.82) is 0 Å². The van der Waals surface area contributed by atoms with Gasteiger partial charge in [-0.05, 0) is 52.7 Å². The smallest absolute Gasteiger partial charge is 0.0671 e. The van der Waals surface area contributed by atoms with Crippen molar-refractivity contribution in [1.82, 2.24) is 5.32 Å². The lowest BCUT2D eigenvalue weighted by Gasteiger charge is -2.17. The number of hydrogen-bond acceptors (Lipinski definition) is 2. The molecule has 2 aromatic rings. The molecule has 0 saturated heterocycles. The highest BCUT2D eigenvalue weighted by atomic mass is 79.9. The number of benzene rings is 1. The summed E-state index contributed by atoms with van der Waals surface area (Å²) < 4.78 is 1.13. The second kappa shape index (κ2) is 6.71. The molecular weight excluding hydrogens is 330 g/mol. The summed E-state index contributed by atoms with van der Waals surface area (Å²) >= 11 is 11.4. The summed E-state index contributed by atoms with van der Waals surface area (Å²) in [4.78, 5) is 1.30. The van der Waals surface area contributed by atoms with E-state index in [1.54, 1.807) is 11.3 Å². The van der Waals surface area contributed by atoms with Gasteiger partial charge in [0, 0.05) is 19.8 Å². The molecule has 1 nitrogen and oxygen atoms in total. The molecule has 1 aromatic carbocycles. The van der Waals surface area contributed by atoms with Gasteiger partial charge in [0.25, 0.3) is 0 Å². The van der Waals surface area contributed by atoms with Crippen LogP contribution < -0.4 is 5.32 Å². The molecule has 0 spiro atoms. The maximum Gasteiger partial charge on any atom is 0.0671 e. The van der Waals surface area contributed by atoms with E-state index in [0.29, 0.717) is 0 Å². The minimum atomic E-state index is 0.222.